The van der Waals surface area contributed by atoms with Crippen LogP contribution in [0.5, 0.6) is 0 Å². The van der Waals surface area contributed by atoms with Gasteiger partial charge in [0.05, 0.1) is 48.8 Å². The maximum Gasteiger partial charge on any atom is 0.138 e. The van der Waals surface area contributed by atoms with Gasteiger partial charge in [-0.3, -0.25) is 4.79 Å². The normalized spacial score (nSPS) is 47.8. The Balaban J connectivity index is 0.000000118. The second-order valence-corrected chi connectivity index (χ2v) is 37.9. The van der Waals surface area contributed by atoms with Crippen molar-refractivity contribution in [2.24, 2.45) is 116 Å². The summed E-state index contributed by atoms with van der Waals surface area (Å²) < 4.78 is 41.3. The molecule has 9 nitrogen and oxygen atoms in total. The van der Waals surface area contributed by atoms with E-state index in [1.165, 1.54) is 132 Å². The maximum atomic E-state index is 11.9. The van der Waals surface area contributed by atoms with Gasteiger partial charge in [-0.1, -0.05) is 139 Å². The smallest absolute Gasteiger partial charge is 0.138 e. The Hall–Kier alpha value is -2.39. The number of carbonyl (C=O) groups is 1. The Labute approximate surface area is 585 Å². The van der Waals surface area contributed by atoms with Crippen LogP contribution in [-0.4, -0.2) is 100 Å². The van der Waals surface area contributed by atoms with E-state index in [0.29, 0.717) is 101 Å². The van der Waals surface area contributed by atoms with Gasteiger partial charge in [-0.05, 0) is 275 Å². The van der Waals surface area contributed by atoms with Gasteiger partial charge in [0.2, 0.25) is 0 Å². The lowest BCUT2D eigenvalue weighted by molar-refractivity contribution is -0.132. The van der Waals surface area contributed by atoms with Crippen LogP contribution in [0.25, 0.3) is 10.8 Å². The molecule has 0 bridgehead atoms. The summed E-state index contributed by atoms with van der Waals surface area (Å²) in [5, 5.41) is 2.78. The fraction of sp³-hybridized carbons (Fsp3) is 0.851. The van der Waals surface area contributed by atoms with Gasteiger partial charge < -0.3 is 38.9 Å². The summed E-state index contributed by atoms with van der Waals surface area (Å²) in [6.07, 6.45) is 37.6. The van der Waals surface area contributed by atoms with Crippen molar-refractivity contribution in [2.75, 3.05) is 39.6 Å². The zero-order valence-corrected chi connectivity index (χ0v) is 63.7. The number of Topliss-reactive ketones (excluding diaryl/α,β-unsaturated/α-hetero) is 1. The van der Waals surface area contributed by atoms with E-state index in [2.05, 4.69) is 152 Å². The molecule has 2 aromatic carbocycles. The highest BCUT2D eigenvalue weighted by Gasteiger charge is 2.56. The van der Waals surface area contributed by atoms with Crippen molar-refractivity contribution in [1.82, 2.24) is 0 Å². The van der Waals surface area contributed by atoms with E-state index in [4.69, 9.17) is 45.3 Å². The van der Waals surface area contributed by atoms with E-state index >= 15 is 0 Å². The lowest BCUT2D eigenvalue weighted by Gasteiger charge is -2.41. The van der Waals surface area contributed by atoms with E-state index in [1.807, 2.05) is 6.92 Å². The molecule has 0 radical (unpaired) electrons. The maximum absolute atomic E-state index is 11.9. The molecule has 29 atom stereocenters. The summed E-state index contributed by atoms with van der Waals surface area (Å²) in [5.74, 6) is 14.6. The Kier molecular flexibility index (Phi) is 24.1. The van der Waals surface area contributed by atoms with Crippen LogP contribution in [0.3, 0.4) is 0 Å². The van der Waals surface area contributed by atoms with Crippen molar-refractivity contribution in [3.63, 3.8) is 0 Å². The first-order chi connectivity index (χ1) is 45.6. The van der Waals surface area contributed by atoms with Gasteiger partial charge in [0.1, 0.15) is 5.78 Å². The van der Waals surface area contributed by atoms with E-state index in [1.54, 1.807) is 0 Å². The Morgan fingerprint density at radius 1 is 0.521 bits per heavy atom. The van der Waals surface area contributed by atoms with Crippen LogP contribution in [0.2, 0.25) is 0 Å². The number of nitrogens with two attached hydrogens (primary N) is 1. The summed E-state index contributed by atoms with van der Waals surface area (Å²) in [5.41, 5.74) is 9.49. The third-order valence-electron chi connectivity index (χ3n) is 29.6. The van der Waals surface area contributed by atoms with Crippen molar-refractivity contribution in [1.29, 1.82) is 0 Å². The summed E-state index contributed by atoms with van der Waals surface area (Å²) in [6, 6.07) is 15.9. The van der Waals surface area contributed by atoms with Crippen LogP contribution in [0.1, 0.15) is 264 Å². The molecule has 14 aliphatic rings. The van der Waals surface area contributed by atoms with Crippen LogP contribution in [0.15, 0.2) is 42.5 Å². The predicted octanol–water partition coefficient (Wildman–Crippen LogP) is 19.6. The first-order valence-electron chi connectivity index (χ1n) is 40.1. The summed E-state index contributed by atoms with van der Waals surface area (Å²) in [6.45, 7) is 42.7. The highest BCUT2D eigenvalue weighted by atomic mass is 16.6. The number of benzene rings is 2. The number of hydrogen-bond donors (Lipinski definition) is 1. The largest absolute Gasteiger partial charge is 0.378 e. The molecule has 14 fully saturated rings. The van der Waals surface area contributed by atoms with Gasteiger partial charge >= 0.3 is 0 Å². The average molecular weight is 1330 g/mol. The molecule has 16 rings (SSSR count). The number of terminal acetylenes is 1. The molecule has 7 saturated heterocycles. The van der Waals surface area contributed by atoms with Gasteiger partial charge in [-0.2, -0.15) is 0 Å². The fourth-order valence-electron chi connectivity index (χ4n) is 22.8. The fourth-order valence-corrected chi connectivity index (χ4v) is 22.8. The SMILES string of the molecule is C#CCCC1(C)CCC2C(C)COC2C1.CC(N)CC1(C)CCC2C(C)COC2C1.CC1COC2CC(C)(C3CC3C)CCC12.CC1COC2CC(C)(C3OC3C)CCC12.CC1COC2CC(C)(c3cccc4ccccc34)CCC12.CCC(=O)C1(C)CCC2C(C)COC2C1. The zero-order valence-electron chi connectivity index (χ0n) is 63.7. The molecule has 540 valence electrons. The molecule has 0 spiro atoms. The topological polar surface area (TPSA) is 111 Å². The van der Waals surface area contributed by atoms with Gasteiger partial charge in [-0.15, -0.1) is 12.3 Å². The van der Waals surface area contributed by atoms with Crippen LogP contribution < -0.4 is 5.73 Å². The average Bonchev–Trinajstić information content (AvgIpc) is 1.45. The second kappa shape index (κ2) is 30.9. The third kappa shape index (κ3) is 17.0. The number of fused-ring (bicyclic) bond motifs is 7. The van der Waals surface area contributed by atoms with Gasteiger partial charge in [0, 0.05) is 63.9 Å². The molecule has 9 heteroatoms. The lowest BCUT2D eigenvalue weighted by atomic mass is 9.64. The Morgan fingerprint density at radius 2 is 0.927 bits per heavy atom. The Bertz CT molecular complexity index is 2850. The number of ketones is 1. The molecule has 7 heterocycles. The number of carbonyl (C=O) groups excluding carboxylic acids is 1. The molecular weight excluding hydrogens is 1190 g/mol. The van der Waals surface area contributed by atoms with Crippen molar-refractivity contribution in [3.05, 3.63) is 48.0 Å². The highest BCUT2D eigenvalue weighted by Crippen LogP contribution is 2.60. The van der Waals surface area contributed by atoms with Crippen molar-refractivity contribution in [3.8, 4) is 12.3 Å². The number of ether oxygens (including phenoxy) is 7. The third-order valence-corrected chi connectivity index (χ3v) is 29.6. The van der Waals surface area contributed by atoms with Gasteiger partial charge in [0.15, 0.2) is 0 Å². The van der Waals surface area contributed by atoms with Crippen LogP contribution in [-0.2, 0) is 43.4 Å². The summed E-state index contributed by atoms with van der Waals surface area (Å²) in [7, 11) is 0. The van der Waals surface area contributed by atoms with E-state index in [-0.39, 0.29) is 10.8 Å². The monoisotopic (exact) mass is 1330 g/mol. The number of epoxide rings is 1. The molecule has 0 amide bonds. The molecule has 2 N–H and O–H groups in total. The van der Waals surface area contributed by atoms with Crippen LogP contribution in [0, 0.1) is 122 Å². The first kappa shape index (κ1) is 74.8. The second-order valence-electron chi connectivity index (χ2n) is 37.9. The molecule has 0 aromatic heterocycles. The van der Waals surface area contributed by atoms with Crippen molar-refractivity contribution < 1.29 is 38.0 Å². The highest BCUT2D eigenvalue weighted by molar-refractivity contribution is 5.86. The summed E-state index contributed by atoms with van der Waals surface area (Å²) in [4.78, 5) is 11.9. The minimum absolute atomic E-state index is 0.0972. The van der Waals surface area contributed by atoms with Gasteiger partial charge in [-0.25, -0.2) is 0 Å². The summed E-state index contributed by atoms with van der Waals surface area (Å²) >= 11 is 0. The van der Waals surface area contributed by atoms with Crippen LogP contribution in [0.4, 0.5) is 0 Å². The molecular formula is C87H139NO8. The predicted molar refractivity (Wildman–Crippen MR) is 393 cm³/mol. The lowest BCUT2D eigenvalue weighted by Crippen LogP contribution is -2.39. The molecule has 7 aliphatic carbocycles. The quantitative estimate of drug-likeness (QED) is 0.194. The number of hydrogen-bond acceptors (Lipinski definition) is 9. The Morgan fingerprint density at radius 3 is 1.41 bits per heavy atom. The molecule has 29 unspecified atom stereocenters. The molecule has 96 heavy (non-hydrogen) atoms. The van der Waals surface area contributed by atoms with Crippen molar-refractivity contribution in [2.45, 2.75) is 319 Å². The minimum atomic E-state index is -0.0972. The molecule has 2 aromatic rings. The van der Waals surface area contributed by atoms with Crippen LogP contribution >= 0.6 is 0 Å². The molecule has 7 saturated carbocycles. The zero-order chi connectivity index (χ0) is 68.7. The standard InChI is InChI=1S/C20H24O.C14H24O.C14H22O.C13H25NO.2C13H22O2/c1-14-13-21-19-12-20(2,11-10-16(14)19)18-9-5-7-15-6-3-4-8-17(15)18;1-9-6-12(9)14(3)5-4-11-10(2)8-15-13(11)7-14;1-4-5-7-14(3)8-6-12-11(2)10-15-13(12)9-14;1-9-8-15-12-7-13(3,6-10(2)14)5-4-11(9)12;1-8-7-14-11-6-13(3,5-4-10(8)11)12-9(2)15-12;1-4-12(14)13(3)6-5-10-9(2)8-15-11(10)7-13/h3-9,14,16,19H,10-13H2,1-2H3;9-13H,4-8H2,1-3H3;1,11-13H,5-10H2,2-3H3;9-12H,4-8,14H2,1-3H3;8-12H,4-7H2,1-3H3;9-11H,4-8H2,1-3H3. The number of rotatable bonds is 9. The van der Waals surface area contributed by atoms with E-state index in [9.17, 15) is 4.79 Å². The van der Waals surface area contributed by atoms with Gasteiger partial charge in [0.25, 0.3) is 0 Å². The van der Waals surface area contributed by atoms with Crippen molar-refractivity contribution >= 4 is 16.6 Å². The van der Waals surface area contributed by atoms with E-state index < -0.39 is 0 Å². The first-order valence-corrected chi connectivity index (χ1v) is 40.1. The minimum Gasteiger partial charge on any atom is -0.378 e. The molecule has 7 aliphatic heterocycles. The van der Waals surface area contributed by atoms with E-state index in [0.717, 1.165) is 136 Å².